The minimum atomic E-state index is 0. The summed E-state index contributed by atoms with van der Waals surface area (Å²) in [5.74, 6) is 1.65. The lowest BCUT2D eigenvalue weighted by atomic mass is 10.1. The molecule has 152 valence electrons. The number of nitrogens with one attached hydrogen (secondary N) is 1. The van der Waals surface area contributed by atoms with Crippen LogP contribution in [0.2, 0.25) is 0 Å². The lowest BCUT2D eigenvalue weighted by Gasteiger charge is -2.34. The van der Waals surface area contributed by atoms with E-state index in [1.807, 2.05) is 24.4 Å². The highest BCUT2D eigenvalue weighted by Gasteiger charge is 2.21. The van der Waals surface area contributed by atoms with Gasteiger partial charge in [-0.25, -0.2) is 4.98 Å². The second kappa shape index (κ2) is 8.99. The van der Waals surface area contributed by atoms with Crippen LogP contribution in [-0.2, 0) is 19.5 Å². The molecule has 1 aromatic heterocycles. The lowest BCUT2D eigenvalue weighted by molar-refractivity contribution is 0.115. The van der Waals surface area contributed by atoms with Gasteiger partial charge in [0.25, 0.3) is 0 Å². The molecule has 6 heteroatoms. The Morgan fingerprint density at radius 2 is 1.66 bits per heavy atom. The highest BCUT2D eigenvalue weighted by molar-refractivity contribution is 5.85. The molecule has 1 fully saturated rings. The van der Waals surface area contributed by atoms with Crippen molar-refractivity contribution in [3.8, 4) is 11.3 Å². The van der Waals surface area contributed by atoms with E-state index in [0.29, 0.717) is 0 Å². The molecule has 2 aliphatic rings. The van der Waals surface area contributed by atoms with Gasteiger partial charge in [0.1, 0.15) is 0 Å². The van der Waals surface area contributed by atoms with Crippen molar-refractivity contribution < 1.29 is 4.42 Å². The van der Waals surface area contributed by atoms with Gasteiger partial charge in [-0.3, -0.25) is 9.80 Å². The average Bonchev–Trinajstić information content (AvgIpc) is 3.40. The molecule has 2 aromatic carbocycles. The maximum absolute atomic E-state index is 5.97. The van der Waals surface area contributed by atoms with E-state index in [1.54, 1.807) is 0 Å². The molecule has 2 aliphatic heterocycles. The molecule has 0 aliphatic carbocycles. The van der Waals surface area contributed by atoms with E-state index >= 15 is 0 Å². The highest BCUT2D eigenvalue weighted by Crippen LogP contribution is 2.27. The normalized spacial score (nSPS) is 16.8. The van der Waals surface area contributed by atoms with E-state index in [0.717, 1.165) is 69.4 Å². The summed E-state index contributed by atoms with van der Waals surface area (Å²) in [5.41, 5.74) is 5.35. The standard InChI is InChI=1S/C23H26N4O.ClH/c1-2-5-18(6-3-1)21-15-25-22(28-21)17-27-13-11-26(12-14-27)16-20-8-4-7-19-9-10-24-23(19)20;/h1-8,15,24H,9-14,16-17H2;1H. The zero-order valence-electron chi connectivity index (χ0n) is 16.5. The predicted molar refractivity (Wildman–Crippen MR) is 118 cm³/mol. The minimum Gasteiger partial charge on any atom is -0.439 e. The third kappa shape index (κ3) is 4.47. The van der Waals surface area contributed by atoms with Crippen molar-refractivity contribution in [3.63, 3.8) is 0 Å². The molecule has 0 atom stereocenters. The number of piperazine rings is 1. The van der Waals surface area contributed by atoms with Crippen molar-refractivity contribution in [1.82, 2.24) is 14.8 Å². The van der Waals surface area contributed by atoms with Crippen LogP contribution in [0.25, 0.3) is 11.3 Å². The van der Waals surface area contributed by atoms with E-state index in [9.17, 15) is 0 Å². The molecular weight excluding hydrogens is 384 g/mol. The van der Waals surface area contributed by atoms with Crippen LogP contribution >= 0.6 is 12.4 Å². The second-order valence-electron chi connectivity index (χ2n) is 7.66. The van der Waals surface area contributed by atoms with Gasteiger partial charge in [0.05, 0.1) is 12.7 Å². The number of rotatable bonds is 5. The molecule has 0 saturated carbocycles. The Balaban J connectivity index is 0.00000205. The molecule has 1 saturated heterocycles. The van der Waals surface area contributed by atoms with Crippen LogP contribution in [0.15, 0.2) is 59.1 Å². The number of hydrogen-bond acceptors (Lipinski definition) is 5. The first kappa shape index (κ1) is 20.0. The number of benzene rings is 2. The number of halogens is 1. The molecule has 0 spiro atoms. The number of para-hydroxylation sites is 1. The molecule has 5 rings (SSSR count). The Kier molecular flexibility index (Phi) is 6.19. The number of anilines is 1. The smallest absolute Gasteiger partial charge is 0.209 e. The zero-order valence-corrected chi connectivity index (χ0v) is 17.3. The Morgan fingerprint density at radius 1 is 0.897 bits per heavy atom. The van der Waals surface area contributed by atoms with Crippen LogP contribution in [0.4, 0.5) is 5.69 Å². The summed E-state index contributed by atoms with van der Waals surface area (Å²) < 4.78 is 5.97. The monoisotopic (exact) mass is 410 g/mol. The number of oxazole rings is 1. The average molecular weight is 411 g/mol. The van der Waals surface area contributed by atoms with Crippen LogP contribution in [0.3, 0.4) is 0 Å². The quantitative estimate of drug-likeness (QED) is 0.687. The Labute approximate surface area is 178 Å². The Morgan fingerprint density at radius 3 is 2.45 bits per heavy atom. The summed E-state index contributed by atoms with van der Waals surface area (Å²) in [7, 11) is 0. The molecule has 0 bridgehead atoms. The Bertz CT molecular complexity index is 935. The topological polar surface area (TPSA) is 44.5 Å². The number of hydrogen-bond donors (Lipinski definition) is 1. The summed E-state index contributed by atoms with van der Waals surface area (Å²) in [6.07, 6.45) is 2.99. The van der Waals surface area contributed by atoms with Gasteiger partial charge in [-0.2, -0.15) is 0 Å². The van der Waals surface area contributed by atoms with Gasteiger partial charge in [0, 0.05) is 50.5 Å². The summed E-state index contributed by atoms with van der Waals surface area (Å²) in [5, 5.41) is 3.56. The second-order valence-corrected chi connectivity index (χ2v) is 7.66. The van der Waals surface area contributed by atoms with Crippen molar-refractivity contribution in [3.05, 3.63) is 71.7 Å². The van der Waals surface area contributed by atoms with E-state index < -0.39 is 0 Å². The van der Waals surface area contributed by atoms with Gasteiger partial charge in [-0.15, -0.1) is 12.4 Å². The van der Waals surface area contributed by atoms with E-state index in [1.165, 1.54) is 16.8 Å². The van der Waals surface area contributed by atoms with Gasteiger partial charge >= 0.3 is 0 Å². The molecular formula is C23H27ClN4O. The number of fused-ring (bicyclic) bond motifs is 1. The summed E-state index contributed by atoms with van der Waals surface area (Å²) >= 11 is 0. The van der Waals surface area contributed by atoms with Crippen molar-refractivity contribution in [2.24, 2.45) is 0 Å². The van der Waals surface area contributed by atoms with E-state index in [4.69, 9.17) is 4.42 Å². The van der Waals surface area contributed by atoms with Crippen molar-refractivity contribution in [1.29, 1.82) is 0 Å². The fourth-order valence-corrected chi connectivity index (χ4v) is 4.20. The van der Waals surface area contributed by atoms with E-state index in [-0.39, 0.29) is 12.4 Å². The molecule has 0 amide bonds. The largest absolute Gasteiger partial charge is 0.439 e. The van der Waals surface area contributed by atoms with Crippen LogP contribution in [0.5, 0.6) is 0 Å². The first-order valence-corrected chi connectivity index (χ1v) is 10.1. The molecule has 0 radical (unpaired) electrons. The maximum atomic E-state index is 5.97. The molecule has 3 heterocycles. The third-order valence-corrected chi connectivity index (χ3v) is 5.76. The van der Waals surface area contributed by atoms with Gasteiger partial charge in [0.15, 0.2) is 5.76 Å². The van der Waals surface area contributed by atoms with Crippen LogP contribution in [0, 0.1) is 0 Å². The van der Waals surface area contributed by atoms with E-state index in [2.05, 4.69) is 50.4 Å². The molecule has 1 N–H and O–H groups in total. The van der Waals surface area contributed by atoms with Crippen LogP contribution in [-0.4, -0.2) is 47.5 Å². The maximum Gasteiger partial charge on any atom is 0.209 e. The van der Waals surface area contributed by atoms with Crippen molar-refractivity contribution >= 4 is 18.1 Å². The van der Waals surface area contributed by atoms with Gasteiger partial charge in [-0.05, 0) is 17.5 Å². The Hall–Kier alpha value is -2.34. The molecule has 29 heavy (non-hydrogen) atoms. The first-order chi connectivity index (χ1) is 13.8. The molecule has 3 aromatic rings. The van der Waals surface area contributed by atoms with Crippen molar-refractivity contribution in [2.75, 3.05) is 38.0 Å². The van der Waals surface area contributed by atoms with Crippen LogP contribution < -0.4 is 5.32 Å². The van der Waals surface area contributed by atoms with Gasteiger partial charge in [0.2, 0.25) is 5.89 Å². The fraction of sp³-hybridized carbons (Fsp3) is 0.348. The predicted octanol–water partition coefficient (Wildman–Crippen LogP) is 4.05. The molecule has 5 nitrogen and oxygen atoms in total. The zero-order chi connectivity index (χ0) is 18.8. The third-order valence-electron chi connectivity index (χ3n) is 5.76. The highest BCUT2D eigenvalue weighted by atomic mass is 35.5. The summed E-state index contributed by atoms with van der Waals surface area (Å²) in [4.78, 5) is 9.47. The molecule has 0 unspecified atom stereocenters. The van der Waals surface area contributed by atoms with Crippen molar-refractivity contribution in [2.45, 2.75) is 19.5 Å². The number of aromatic nitrogens is 1. The van der Waals surface area contributed by atoms with Gasteiger partial charge < -0.3 is 9.73 Å². The fourth-order valence-electron chi connectivity index (χ4n) is 4.20. The summed E-state index contributed by atoms with van der Waals surface area (Å²) in [6, 6.07) is 16.9. The first-order valence-electron chi connectivity index (χ1n) is 10.1. The SMILES string of the molecule is Cl.c1ccc(-c2cnc(CN3CCN(Cc4cccc5c4NCC5)CC3)o2)cc1. The van der Waals surface area contributed by atoms with Gasteiger partial charge in [-0.1, -0.05) is 48.5 Å². The number of nitrogens with zero attached hydrogens (tertiary/aromatic N) is 3. The summed E-state index contributed by atoms with van der Waals surface area (Å²) in [6.45, 7) is 7.13. The van der Waals surface area contributed by atoms with Crippen LogP contribution in [0.1, 0.15) is 17.0 Å². The lowest BCUT2D eigenvalue weighted by Crippen LogP contribution is -2.45. The minimum absolute atomic E-state index is 0.